The van der Waals surface area contributed by atoms with Gasteiger partial charge in [-0.2, -0.15) is 0 Å². The fraction of sp³-hybridized carbons (Fsp3) is 0.129. The van der Waals surface area contributed by atoms with Gasteiger partial charge in [0.05, 0.1) is 10.9 Å². The first-order valence-electron chi connectivity index (χ1n) is 12.1. The van der Waals surface area contributed by atoms with Crippen molar-refractivity contribution < 1.29 is 14.4 Å². The van der Waals surface area contributed by atoms with Gasteiger partial charge in [-0.25, -0.2) is 0 Å². The highest BCUT2D eigenvalue weighted by molar-refractivity contribution is 7.12. The van der Waals surface area contributed by atoms with E-state index in [1.807, 2.05) is 77.0 Å². The van der Waals surface area contributed by atoms with E-state index in [2.05, 4.69) is 0 Å². The minimum absolute atomic E-state index is 0.0986. The molecule has 1 saturated heterocycles. The summed E-state index contributed by atoms with van der Waals surface area (Å²) >= 11 is 7.70. The first-order chi connectivity index (χ1) is 18.0. The van der Waals surface area contributed by atoms with E-state index in [0.29, 0.717) is 21.0 Å². The Hall–Kier alpha value is -3.80. The molecule has 3 aromatic carbocycles. The van der Waals surface area contributed by atoms with Crippen LogP contribution in [0.3, 0.4) is 0 Å². The van der Waals surface area contributed by atoms with Crippen LogP contribution in [0.5, 0.6) is 0 Å². The summed E-state index contributed by atoms with van der Waals surface area (Å²) in [5.41, 5.74) is 1.82. The van der Waals surface area contributed by atoms with Crippen molar-refractivity contribution in [2.75, 3.05) is 4.90 Å². The summed E-state index contributed by atoms with van der Waals surface area (Å²) in [5, 5.41) is 2.45. The second-order valence-corrected chi connectivity index (χ2v) is 11.0. The number of Topliss-reactive ketones (excluding diaryl/α,β-unsaturated/α-hetero) is 3. The molecule has 3 aliphatic rings. The molecule has 6 heteroatoms. The van der Waals surface area contributed by atoms with Crippen LogP contribution < -0.4 is 4.90 Å². The number of fused-ring (bicyclic) bond motifs is 5. The fourth-order valence-corrected chi connectivity index (χ4v) is 7.42. The predicted molar refractivity (Wildman–Crippen MR) is 146 cm³/mol. The number of carbonyl (C=O) groups excluding carboxylic acids is 3. The number of carbonyl (C=O) groups is 3. The molecule has 3 heterocycles. The van der Waals surface area contributed by atoms with Crippen molar-refractivity contribution in [2.24, 2.45) is 5.41 Å². The van der Waals surface area contributed by atoms with Gasteiger partial charge in [-0.1, -0.05) is 84.4 Å². The molecule has 0 amide bonds. The number of hydrogen-bond donors (Lipinski definition) is 0. The van der Waals surface area contributed by atoms with Crippen LogP contribution in [0.2, 0.25) is 5.02 Å². The van der Waals surface area contributed by atoms with Crippen molar-refractivity contribution in [3.8, 4) is 0 Å². The number of ketones is 3. The molecule has 2 aliphatic heterocycles. The zero-order chi connectivity index (χ0) is 25.3. The average molecular weight is 522 g/mol. The third kappa shape index (κ3) is 2.93. The van der Waals surface area contributed by atoms with Crippen molar-refractivity contribution >= 4 is 52.1 Å². The molecule has 0 unspecified atom stereocenters. The van der Waals surface area contributed by atoms with E-state index in [1.54, 1.807) is 30.3 Å². The Kier molecular flexibility index (Phi) is 4.91. The van der Waals surface area contributed by atoms with Gasteiger partial charge in [-0.15, -0.1) is 11.3 Å². The second-order valence-electron chi connectivity index (χ2n) is 9.66. The van der Waals surface area contributed by atoms with E-state index in [-0.39, 0.29) is 17.3 Å². The van der Waals surface area contributed by atoms with Crippen LogP contribution in [0, 0.1) is 5.41 Å². The van der Waals surface area contributed by atoms with E-state index in [1.165, 1.54) is 11.3 Å². The normalized spacial score (nSPS) is 22.7. The molecule has 4 nitrogen and oxygen atoms in total. The Morgan fingerprint density at radius 2 is 1.57 bits per heavy atom. The summed E-state index contributed by atoms with van der Waals surface area (Å²) in [6, 6.07) is 24.4. The highest BCUT2D eigenvalue weighted by Crippen LogP contribution is 2.61. The number of benzene rings is 3. The lowest BCUT2D eigenvalue weighted by molar-refractivity contribution is 0.0666. The Morgan fingerprint density at radius 1 is 0.865 bits per heavy atom. The van der Waals surface area contributed by atoms with Crippen LogP contribution in [0.25, 0.3) is 6.08 Å². The Balaban J connectivity index is 1.56. The third-order valence-electron chi connectivity index (χ3n) is 7.96. The Morgan fingerprint density at radius 3 is 2.24 bits per heavy atom. The quantitative estimate of drug-likeness (QED) is 0.222. The fourth-order valence-electron chi connectivity index (χ4n) is 6.55. The summed E-state index contributed by atoms with van der Waals surface area (Å²) in [6.07, 6.45) is 3.84. The number of thiophene rings is 1. The largest absolute Gasteiger partial charge is 0.352 e. The van der Waals surface area contributed by atoms with Crippen LogP contribution in [0.4, 0.5) is 5.69 Å². The monoisotopic (exact) mass is 521 g/mol. The lowest BCUT2D eigenvalue weighted by Crippen LogP contribution is -2.48. The lowest BCUT2D eigenvalue weighted by atomic mass is 9.64. The van der Waals surface area contributed by atoms with E-state index in [4.69, 9.17) is 11.6 Å². The van der Waals surface area contributed by atoms with E-state index in [9.17, 15) is 14.4 Å². The van der Waals surface area contributed by atoms with Gasteiger partial charge in [0, 0.05) is 27.8 Å². The number of nitrogens with zero attached hydrogens (tertiary/aromatic N) is 1. The van der Waals surface area contributed by atoms with Crippen LogP contribution in [0.15, 0.2) is 96.4 Å². The molecule has 7 rings (SSSR count). The Labute approximate surface area is 222 Å². The predicted octanol–water partition coefficient (Wildman–Crippen LogP) is 6.72. The van der Waals surface area contributed by atoms with Crippen molar-refractivity contribution in [1.29, 1.82) is 0 Å². The molecule has 0 radical (unpaired) electrons. The van der Waals surface area contributed by atoms with E-state index in [0.717, 1.165) is 16.8 Å². The SMILES string of the molecule is O=C(c1cccs1)[C@@H]1[C@H](c2ccccc2)C2(C(=O)c3ccccc3C2=O)[C@H]2C=Cc3cc(Cl)ccc3N12. The number of anilines is 1. The number of hydrogen-bond acceptors (Lipinski definition) is 5. The highest BCUT2D eigenvalue weighted by Gasteiger charge is 2.71. The molecule has 0 saturated carbocycles. The molecular formula is C31H20ClNO3S. The molecule has 4 aromatic rings. The van der Waals surface area contributed by atoms with Gasteiger partial charge in [-0.05, 0) is 40.8 Å². The topological polar surface area (TPSA) is 54.5 Å². The first kappa shape index (κ1) is 22.4. The van der Waals surface area contributed by atoms with Gasteiger partial charge in [0.2, 0.25) is 0 Å². The smallest absolute Gasteiger partial charge is 0.195 e. The molecule has 3 atom stereocenters. The van der Waals surface area contributed by atoms with Crippen molar-refractivity contribution in [3.05, 3.63) is 129 Å². The molecule has 37 heavy (non-hydrogen) atoms. The van der Waals surface area contributed by atoms with Gasteiger partial charge >= 0.3 is 0 Å². The first-order valence-corrected chi connectivity index (χ1v) is 13.4. The number of rotatable bonds is 3. The van der Waals surface area contributed by atoms with Crippen LogP contribution in [-0.2, 0) is 0 Å². The highest BCUT2D eigenvalue weighted by atomic mass is 35.5. The number of halogens is 1. The third-order valence-corrected chi connectivity index (χ3v) is 9.08. The van der Waals surface area contributed by atoms with Crippen LogP contribution >= 0.6 is 22.9 Å². The van der Waals surface area contributed by atoms with Gasteiger partial charge in [0.1, 0.15) is 11.5 Å². The summed E-state index contributed by atoms with van der Waals surface area (Å²) in [5.74, 6) is -1.23. The molecule has 180 valence electrons. The lowest BCUT2D eigenvalue weighted by Gasteiger charge is -2.37. The molecule has 1 fully saturated rings. The van der Waals surface area contributed by atoms with Crippen LogP contribution in [-0.4, -0.2) is 29.4 Å². The van der Waals surface area contributed by atoms with E-state index >= 15 is 0 Å². The summed E-state index contributed by atoms with van der Waals surface area (Å²) < 4.78 is 0. The maximum atomic E-state index is 14.5. The average Bonchev–Trinajstić information content (AvgIpc) is 3.62. The standard InChI is InChI=1S/C31H20ClNO3S/c32-20-13-14-23-19(17-20)12-15-25-31(29(35)21-9-4-5-10-22(21)30(31)36)26(18-7-2-1-3-8-18)27(33(23)25)28(34)24-11-6-16-37-24/h1-17,25-27H/t25-,26+,27+/m1/s1. The molecule has 0 bridgehead atoms. The van der Waals surface area contributed by atoms with Gasteiger partial charge in [0.25, 0.3) is 0 Å². The second kappa shape index (κ2) is 8.10. The molecular weight excluding hydrogens is 502 g/mol. The molecule has 1 aliphatic carbocycles. The van der Waals surface area contributed by atoms with Crippen molar-refractivity contribution in [3.63, 3.8) is 0 Å². The van der Waals surface area contributed by atoms with Crippen LogP contribution in [0.1, 0.15) is 47.4 Å². The summed E-state index contributed by atoms with van der Waals surface area (Å²) in [6.45, 7) is 0. The van der Waals surface area contributed by atoms with Gasteiger partial charge < -0.3 is 4.90 Å². The van der Waals surface area contributed by atoms with Crippen molar-refractivity contribution in [2.45, 2.75) is 18.0 Å². The molecule has 0 N–H and O–H groups in total. The summed E-state index contributed by atoms with van der Waals surface area (Å²) in [4.78, 5) is 45.9. The van der Waals surface area contributed by atoms with E-state index < -0.39 is 23.4 Å². The molecule has 1 aromatic heterocycles. The summed E-state index contributed by atoms with van der Waals surface area (Å²) in [7, 11) is 0. The zero-order valence-corrected chi connectivity index (χ0v) is 21.1. The van der Waals surface area contributed by atoms with Gasteiger partial charge in [0.15, 0.2) is 17.3 Å². The van der Waals surface area contributed by atoms with Gasteiger partial charge in [-0.3, -0.25) is 14.4 Å². The zero-order valence-electron chi connectivity index (χ0n) is 19.5. The minimum Gasteiger partial charge on any atom is -0.352 e. The maximum absolute atomic E-state index is 14.5. The van der Waals surface area contributed by atoms with Crippen molar-refractivity contribution in [1.82, 2.24) is 0 Å². The molecule has 1 spiro atoms. The minimum atomic E-state index is -1.48. The maximum Gasteiger partial charge on any atom is 0.195 e. The Bertz CT molecular complexity index is 1590.